The Morgan fingerprint density at radius 1 is 1.40 bits per heavy atom. The quantitative estimate of drug-likeness (QED) is 0.716. The summed E-state index contributed by atoms with van der Waals surface area (Å²) in [6.45, 7) is 0. The Bertz CT molecular complexity index is 685. The second-order valence-corrected chi connectivity index (χ2v) is 4.37. The zero-order valence-corrected chi connectivity index (χ0v) is 7.97. The van der Waals surface area contributed by atoms with E-state index in [0.29, 0.717) is 0 Å². The molecule has 1 aromatic heterocycles. The lowest BCUT2D eigenvalue weighted by atomic mass is 10.3. The van der Waals surface area contributed by atoms with Crippen molar-refractivity contribution >= 4 is 21.1 Å². The Labute approximate surface area is 82.6 Å². The molecule has 0 amide bonds. The molecule has 8 heteroatoms. The van der Waals surface area contributed by atoms with Crippen LogP contribution in [0, 0.1) is 5.82 Å². The molecule has 0 atom stereocenters. The van der Waals surface area contributed by atoms with Gasteiger partial charge in [-0.2, -0.15) is 0 Å². The van der Waals surface area contributed by atoms with E-state index < -0.39 is 26.5 Å². The number of nitrogens with two attached hydrogens (primary N) is 1. The summed E-state index contributed by atoms with van der Waals surface area (Å²) in [7, 11) is -4.17. The van der Waals surface area contributed by atoms with Gasteiger partial charge in [0.05, 0.1) is 5.52 Å². The fraction of sp³-hybridized carbons (Fsp3) is 0. The summed E-state index contributed by atoms with van der Waals surface area (Å²) in [5.74, 6) is -1.84. The SMILES string of the molecule is NS(=O)(=O)c1cc2oc(=O)[nH]c2cc1F. The smallest absolute Gasteiger partial charge is 0.408 e. The van der Waals surface area contributed by atoms with Crippen LogP contribution in [0.3, 0.4) is 0 Å². The Hall–Kier alpha value is -1.67. The van der Waals surface area contributed by atoms with Crippen molar-refractivity contribution < 1.29 is 17.2 Å². The largest absolute Gasteiger partial charge is 0.417 e. The summed E-state index contributed by atoms with van der Waals surface area (Å²) in [6.07, 6.45) is 0. The molecule has 0 saturated carbocycles. The van der Waals surface area contributed by atoms with Gasteiger partial charge in [-0.25, -0.2) is 22.7 Å². The molecule has 0 aliphatic carbocycles. The van der Waals surface area contributed by atoms with Crippen LogP contribution >= 0.6 is 0 Å². The monoisotopic (exact) mass is 232 g/mol. The molecule has 0 spiro atoms. The van der Waals surface area contributed by atoms with Crippen LogP contribution in [-0.4, -0.2) is 13.4 Å². The number of H-pyrrole nitrogens is 1. The summed E-state index contributed by atoms with van der Waals surface area (Å²) in [5.41, 5.74) is 0.00956. The number of oxazole rings is 1. The van der Waals surface area contributed by atoms with Gasteiger partial charge in [0.2, 0.25) is 10.0 Å². The zero-order chi connectivity index (χ0) is 11.2. The van der Waals surface area contributed by atoms with Gasteiger partial charge in [-0.05, 0) is 0 Å². The fourth-order valence-electron chi connectivity index (χ4n) is 1.17. The van der Waals surface area contributed by atoms with Crippen LogP contribution in [0.1, 0.15) is 0 Å². The summed E-state index contributed by atoms with van der Waals surface area (Å²) < 4.78 is 39.6. The second-order valence-electron chi connectivity index (χ2n) is 2.84. The standard InChI is InChI=1S/C7H5FN2O4S/c8-3-1-4-5(14-7(11)10-4)2-6(3)15(9,12)13/h1-2H,(H,10,11)(H2,9,12,13). The number of benzene rings is 1. The molecule has 0 fully saturated rings. The first-order valence-corrected chi connectivity index (χ1v) is 5.28. The van der Waals surface area contributed by atoms with Crippen molar-refractivity contribution in [3.8, 4) is 0 Å². The third-order valence-corrected chi connectivity index (χ3v) is 2.71. The lowest BCUT2D eigenvalue weighted by Crippen LogP contribution is -2.13. The van der Waals surface area contributed by atoms with E-state index in [2.05, 4.69) is 9.40 Å². The predicted molar refractivity (Wildman–Crippen MR) is 48.2 cm³/mol. The minimum atomic E-state index is -4.17. The van der Waals surface area contributed by atoms with Gasteiger partial charge in [-0.15, -0.1) is 0 Å². The molecule has 6 nitrogen and oxygen atoms in total. The number of primary sulfonamides is 1. The number of rotatable bonds is 1. The topological polar surface area (TPSA) is 106 Å². The maximum absolute atomic E-state index is 13.2. The number of hydrogen-bond acceptors (Lipinski definition) is 4. The van der Waals surface area contributed by atoms with Crippen molar-refractivity contribution in [3.63, 3.8) is 0 Å². The van der Waals surface area contributed by atoms with Crippen molar-refractivity contribution in [2.45, 2.75) is 4.90 Å². The van der Waals surface area contributed by atoms with E-state index in [0.717, 1.165) is 12.1 Å². The van der Waals surface area contributed by atoms with Crippen LogP contribution < -0.4 is 10.9 Å². The molecule has 2 rings (SSSR count). The lowest BCUT2D eigenvalue weighted by Gasteiger charge is -1.98. The normalized spacial score (nSPS) is 12.1. The van der Waals surface area contributed by atoms with Crippen LogP contribution in [0.4, 0.5) is 4.39 Å². The second kappa shape index (κ2) is 2.91. The molecule has 15 heavy (non-hydrogen) atoms. The highest BCUT2D eigenvalue weighted by Crippen LogP contribution is 2.19. The third kappa shape index (κ3) is 1.64. The van der Waals surface area contributed by atoms with Crippen LogP contribution in [0.2, 0.25) is 0 Å². The number of fused-ring (bicyclic) bond motifs is 1. The summed E-state index contributed by atoms with van der Waals surface area (Å²) in [6, 6.07) is 1.69. The number of halogens is 1. The van der Waals surface area contributed by atoms with Crippen molar-refractivity contribution in [1.82, 2.24) is 4.98 Å². The van der Waals surface area contributed by atoms with Crippen molar-refractivity contribution in [1.29, 1.82) is 0 Å². The van der Waals surface area contributed by atoms with Crippen molar-refractivity contribution in [2.24, 2.45) is 5.14 Å². The Morgan fingerprint density at radius 2 is 2.07 bits per heavy atom. The number of nitrogens with one attached hydrogen (secondary N) is 1. The van der Waals surface area contributed by atoms with Crippen LogP contribution in [0.5, 0.6) is 0 Å². The molecule has 3 N–H and O–H groups in total. The fourth-order valence-corrected chi connectivity index (χ4v) is 1.77. The summed E-state index contributed by atoms with van der Waals surface area (Å²) in [5, 5.41) is 4.76. The Morgan fingerprint density at radius 3 is 2.67 bits per heavy atom. The van der Waals surface area contributed by atoms with E-state index in [1.165, 1.54) is 0 Å². The maximum Gasteiger partial charge on any atom is 0.417 e. The van der Waals surface area contributed by atoms with E-state index in [4.69, 9.17) is 5.14 Å². The van der Waals surface area contributed by atoms with E-state index >= 15 is 0 Å². The first kappa shape index (κ1) is 9.87. The van der Waals surface area contributed by atoms with E-state index in [9.17, 15) is 17.6 Å². The van der Waals surface area contributed by atoms with Gasteiger partial charge in [0.25, 0.3) is 0 Å². The number of hydrogen-bond donors (Lipinski definition) is 2. The minimum absolute atomic E-state index is 0.0644. The molecular weight excluding hydrogens is 227 g/mol. The van der Waals surface area contributed by atoms with Crippen molar-refractivity contribution in [3.05, 3.63) is 28.5 Å². The highest BCUT2D eigenvalue weighted by Gasteiger charge is 2.17. The molecule has 1 heterocycles. The highest BCUT2D eigenvalue weighted by atomic mass is 32.2. The van der Waals surface area contributed by atoms with E-state index in [1.54, 1.807) is 0 Å². The van der Waals surface area contributed by atoms with E-state index in [-0.39, 0.29) is 11.1 Å². The van der Waals surface area contributed by atoms with Gasteiger partial charge in [0.15, 0.2) is 5.58 Å². The molecule has 0 radical (unpaired) electrons. The van der Waals surface area contributed by atoms with Gasteiger partial charge in [0, 0.05) is 12.1 Å². The maximum atomic E-state index is 13.2. The summed E-state index contributed by atoms with van der Waals surface area (Å²) >= 11 is 0. The van der Waals surface area contributed by atoms with Crippen molar-refractivity contribution in [2.75, 3.05) is 0 Å². The zero-order valence-electron chi connectivity index (χ0n) is 7.15. The third-order valence-electron chi connectivity index (χ3n) is 1.78. The predicted octanol–water partition coefficient (Wildman–Crippen LogP) is -0.0924. The Balaban J connectivity index is 2.89. The van der Waals surface area contributed by atoms with Crippen LogP contribution in [0.15, 0.2) is 26.2 Å². The molecular formula is C7H5FN2O4S. The molecule has 80 valence electrons. The van der Waals surface area contributed by atoms with Gasteiger partial charge < -0.3 is 4.42 Å². The van der Waals surface area contributed by atoms with E-state index in [1.807, 2.05) is 0 Å². The molecule has 1 aromatic carbocycles. The molecule has 2 aromatic rings. The number of sulfonamides is 1. The molecule has 0 unspecified atom stereocenters. The average Bonchev–Trinajstić information content (AvgIpc) is 2.40. The highest BCUT2D eigenvalue weighted by molar-refractivity contribution is 7.89. The van der Waals surface area contributed by atoms with Gasteiger partial charge >= 0.3 is 5.76 Å². The number of aromatic amines is 1. The molecule has 0 bridgehead atoms. The molecule has 0 saturated heterocycles. The van der Waals surface area contributed by atoms with Gasteiger partial charge in [0.1, 0.15) is 10.7 Å². The first-order valence-electron chi connectivity index (χ1n) is 3.73. The van der Waals surface area contributed by atoms with Crippen LogP contribution in [0.25, 0.3) is 11.1 Å². The summed E-state index contributed by atoms with van der Waals surface area (Å²) in [4.78, 5) is 12.2. The Kier molecular flexibility index (Phi) is 1.91. The lowest BCUT2D eigenvalue weighted by molar-refractivity contribution is 0.548. The minimum Gasteiger partial charge on any atom is -0.408 e. The van der Waals surface area contributed by atoms with Crippen LogP contribution in [-0.2, 0) is 10.0 Å². The van der Waals surface area contributed by atoms with Gasteiger partial charge in [-0.3, -0.25) is 4.98 Å². The molecule has 0 aliphatic heterocycles. The first-order chi connectivity index (χ1) is 6.88. The number of aromatic nitrogens is 1. The van der Waals surface area contributed by atoms with Gasteiger partial charge in [-0.1, -0.05) is 0 Å². The molecule has 0 aliphatic rings. The average molecular weight is 232 g/mol.